The Kier molecular flexibility index (Phi) is 10.0. The largest absolute Gasteiger partial charge is 0.508 e. The number of carbonyl (C=O) groups excluding carboxylic acids is 2. The Labute approximate surface area is 310 Å². The molecule has 2 aliphatic rings. The van der Waals surface area contributed by atoms with Crippen molar-refractivity contribution in [2.45, 2.75) is 79.6 Å². The average Bonchev–Trinajstić information content (AvgIpc) is 3.04. The van der Waals surface area contributed by atoms with Crippen molar-refractivity contribution in [1.82, 2.24) is 0 Å². The highest BCUT2D eigenvalue weighted by Crippen LogP contribution is 2.57. The number of fused-ring (bicyclic) bond motifs is 4. The van der Waals surface area contributed by atoms with Crippen LogP contribution in [-0.2, 0) is 6.42 Å². The lowest BCUT2D eigenvalue weighted by Gasteiger charge is -2.39. The number of ketones is 2. The van der Waals surface area contributed by atoms with Crippen molar-refractivity contribution >= 4 is 11.6 Å². The summed E-state index contributed by atoms with van der Waals surface area (Å²) in [5.41, 5.74) is 6.19. The first-order valence-electron chi connectivity index (χ1n) is 17.8. The third-order valence-corrected chi connectivity index (χ3v) is 10.2. The van der Waals surface area contributed by atoms with E-state index in [0.717, 1.165) is 24.0 Å². The fraction of sp³-hybridized carbons (Fsp3) is 0.289. The molecule has 0 unspecified atom stereocenters. The molecule has 0 radical (unpaired) electrons. The highest BCUT2D eigenvalue weighted by Gasteiger charge is 2.46. The Morgan fingerprint density at radius 1 is 0.604 bits per heavy atom. The second-order valence-corrected chi connectivity index (χ2v) is 14.9. The number of rotatable bonds is 9. The van der Waals surface area contributed by atoms with Crippen molar-refractivity contribution < 1.29 is 39.9 Å². The van der Waals surface area contributed by atoms with Gasteiger partial charge < -0.3 is 30.3 Å². The molecule has 4 aromatic carbocycles. The van der Waals surface area contributed by atoms with E-state index >= 15 is 0 Å². The normalized spacial score (nSPS) is 15.9. The third kappa shape index (κ3) is 6.81. The van der Waals surface area contributed by atoms with Crippen molar-refractivity contribution in [3.8, 4) is 34.5 Å². The fourth-order valence-corrected chi connectivity index (χ4v) is 7.75. The van der Waals surface area contributed by atoms with Gasteiger partial charge in [-0.1, -0.05) is 41.0 Å². The van der Waals surface area contributed by atoms with Crippen LogP contribution in [0, 0.1) is 13.8 Å². The molecule has 0 saturated heterocycles. The van der Waals surface area contributed by atoms with Gasteiger partial charge in [0.05, 0.1) is 22.3 Å². The monoisotopic (exact) mass is 714 g/mol. The van der Waals surface area contributed by atoms with Gasteiger partial charge in [0.25, 0.3) is 0 Å². The molecule has 0 spiro atoms. The van der Waals surface area contributed by atoms with E-state index < -0.39 is 29.2 Å². The molecular formula is C45H46O8. The third-order valence-electron chi connectivity index (χ3n) is 10.2. The van der Waals surface area contributed by atoms with Crippen LogP contribution in [0.15, 0.2) is 77.4 Å². The predicted octanol–water partition coefficient (Wildman–Crippen LogP) is 9.46. The second kappa shape index (κ2) is 14.3. The minimum absolute atomic E-state index is 0.00232. The van der Waals surface area contributed by atoms with Gasteiger partial charge in [0, 0.05) is 23.5 Å². The van der Waals surface area contributed by atoms with Crippen LogP contribution in [0.1, 0.15) is 130 Å². The number of benzene rings is 4. The topological polar surface area (TPSA) is 145 Å². The predicted molar refractivity (Wildman–Crippen MR) is 205 cm³/mol. The van der Waals surface area contributed by atoms with E-state index in [1.54, 1.807) is 32.0 Å². The lowest BCUT2D eigenvalue weighted by atomic mass is 9.63. The summed E-state index contributed by atoms with van der Waals surface area (Å²) in [6.07, 6.45) is 7.90. The van der Waals surface area contributed by atoms with Crippen LogP contribution in [0.3, 0.4) is 0 Å². The summed E-state index contributed by atoms with van der Waals surface area (Å²) < 4.78 is 6.16. The molecule has 0 saturated carbocycles. The maximum atomic E-state index is 14.3. The molecule has 0 heterocycles. The highest BCUT2D eigenvalue weighted by molar-refractivity contribution is 6.18. The molecule has 2 atom stereocenters. The van der Waals surface area contributed by atoms with Gasteiger partial charge in [0.15, 0.2) is 0 Å². The molecule has 0 bridgehead atoms. The van der Waals surface area contributed by atoms with E-state index in [4.69, 9.17) is 4.74 Å². The van der Waals surface area contributed by atoms with Crippen molar-refractivity contribution in [3.63, 3.8) is 0 Å². The summed E-state index contributed by atoms with van der Waals surface area (Å²) in [7, 11) is 0. The molecule has 2 aliphatic carbocycles. The quantitative estimate of drug-likeness (QED) is 0.108. The zero-order valence-corrected chi connectivity index (χ0v) is 31.2. The maximum Gasteiger partial charge on any atom is 0.201 e. The van der Waals surface area contributed by atoms with E-state index in [0.29, 0.717) is 33.6 Å². The van der Waals surface area contributed by atoms with E-state index in [2.05, 4.69) is 19.9 Å². The van der Waals surface area contributed by atoms with Gasteiger partial charge in [-0.05, 0) is 131 Å². The van der Waals surface area contributed by atoms with Crippen LogP contribution in [0.4, 0.5) is 0 Å². The number of hydrogen-bond acceptors (Lipinski definition) is 8. The Hall–Kier alpha value is -5.76. The van der Waals surface area contributed by atoms with Crippen LogP contribution in [-0.4, -0.2) is 43.7 Å². The van der Waals surface area contributed by atoms with E-state index in [9.17, 15) is 35.1 Å². The summed E-state index contributed by atoms with van der Waals surface area (Å²) in [6, 6.07) is 11.1. The van der Waals surface area contributed by atoms with Gasteiger partial charge in [0.1, 0.15) is 41.1 Å². The lowest BCUT2D eigenvalue weighted by molar-refractivity contribution is 0.101. The Morgan fingerprint density at radius 2 is 1.09 bits per heavy atom. The summed E-state index contributed by atoms with van der Waals surface area (Å²) in [6.45, 7) is 13.7. The zero-order valence-electron chi connectivity index (χ0n) is 31.2. The Balaban J connectivity index is 1.61. The van der Waals surface area contributed by atoms with Gasteiger partial charge in [-0.3, -0.25) is 9.59 Å². The molecule has 0 amide bonds. The number of aryl methyl sites for hydroxylation is 2. The average molecular weight is 715 g/mol. The minimum atomic E-state index is -0.892. The molecule has 6 rings (SSSR count). The molecule has 53 heavy (non-hydrogen) atoms. The summed E-state index contributed by atoms with van der Waals surface area (Å²) in [4.78, 5) is 28.6. The van der Waals surface area contributed by atoms with E-state index in [1.165, 1.54) is 29.8 Å². The first-order valence-corrected chi connectivity index (χ1v) is 17.8. The second-order valence-electron chi connectivity index (χ2n) is 14.9. The molecule has 4 aromatic rings. The molecular weight excluding hydrogens is 668 g/mol. The highest BCUT2D eigenvalue weighted by atomic mass is 16.5. The number of allylic oxidation sites excluding steroid dienone is 5. The molecule has 5 N–H and O–H groups in total. The first-order chi connectivity index (χ1) is 25.1. The maximum absolute atomic E-state index is 14.3. The smallest absolute Gasteiger partial charge is 0.201 e. The number of carbonyl (C=O) groups is 2. The number of phenolic OH excluding ortho intramolecular Hbond substituents is 5. The van der Waals surface area contributed by atoms with Crippen LogP contribution in [0.25, 0.3) is 0 Å². The first kappa shape index (κ1) is 37.0. The van der Waals surface area contributed by atoms with E-state index in [-0.39, 0.29) is 69.4 Å². The Bertz CT molecular complexity index is 2280. The van der Waals surface area contributed by atoms with Gasteiger partial charge >= 0.3 is 0 Å². The fourth-order valence-electron chi connectivity index (χ4n) is 7.75. The lowest BCUT2D eigenvalue weighted by Crippen LogP contribution is -2.30. The van der Waals surface area contributed by atoms with Crippen molar-refractivity contribution in [2.24, 2.45) is 0 Å². The summed E-state index contributed by atoms with van der Waals surface area (Å²) >= 11 is 0. The van der Waals surface area contributed by atoms with Crippen LogP contribution in [0.2, 0.25) is 0 Å². The number of phenols is 5. The Morgan fingerprint density at radius 3 is 1.64 bits per heavy atom. The van der Waals surface area contributed by atoms with Crippen LogP contribution in [0.5, 0.6) is 34.5 Å². The van der Waals surface area contributed by atoms with Gasteiger partial charge in [-0.25, -0.2) is 0 Å². The van der Waals surface area contributed by atoms with Crippen molar-refractivity contribution in [1.29, 1.82) is 0 Å². The van der Waals surface area contributed by atoms with Gasteiger partial charge in [-0.2, -0.15) is 0 Å². The summed E-state index contributed by atoms with van der Waals surface area (Å²) in [5.74, 6) is -4.14. The standard InChI is InChI=1S/C45H46O8/c1-22(2)9-8-10-24(5)13-14-53-27-19-31-37(29-15-25(6)17-34(47)39(29)44(51)41(31)36(49)20-27)38-30-16-26(7)18-35(48)40(30)45(52)42-32(38)21-33(46)28(43(42)50)12-11-23(3)4/h9,11,13,15-21,37-38,46-50H,8,10,12,14H2,1-7H3/t37-,38+/m0/s1. The van der Waals surface area contributed by atoms with Gasteiger partial charge in [-0.15, -0.1) is 0 Å². The molecule has 0 aromatic heterocycles. The van der Waals surface area contributed by atoms with Crippen molar-refractivity contribution in [2.75, 3.05) is 6.61 Å². The minimum Gasteiger partial charge on any atom is -0.508 e. The van der Waals surface area contributed by atoms with Gasteiger partial charge in [0.2, 0.25) is 11.6 Å². The number of ether oxygens (including phenoxy) is 1. The molecule has 0 aliphatic heterocycles. The van der Waals surface area contributed by atoms with Crippen LogP contribution < -0.4 is 4.74 Å². The number of aromatic hydroxyl groups is 5. The number of hydrogen-bond donors (Lipinski definition) is 5. The SMILES string of the molecule is CC(C)=CCCC(C)=CCOc1cc(O)c2c(c1)[C@@H]([C@@H]1c3cc(C)cc(O)c3C(=O)c3c1cc(O)c(CC=C(C)C)c3O)c1cc(C)cc(O)c1C2=O. The molecule has 0 fully saturated rings. The van der Waals surface area contributed by atoms with E-state index in [1.807, 2.05) is 32.9 Å². The van der Waals surface area contributed by atoms with Crippen LogP contribution >= 0.6 is 0 Å². The molecule has 8 heteroatoms. The van der Waals surface area contributed by atoms with Crippen molar-refractivity contribution in [3.05, 3.63) is 139 Å². The molecule has 8 nitrogen and oxygen atoms in total. The molecule has 274 valence electrons. The zero-order chi connectivity index (χ0) is 38.5. The summed E-state index contributed by atoms with van der Waals surface area (Å²) in [5, 5.41) is 57.4.